The van der Waals surface area contributed by atoms with Gasteiger partial charge in [-0.25, -0.2) is 4.79 Å². The molecule has 37 heavy (non-hydrogen) atoms. The topological polar surface area (TPSA) is 102 Å². The number of carbonyl (C=O) groups excluding carboxylic acids is 1. The predicted molar refractivity (Wildman–Crippen MR) is 144 cm³/mol. The zero-order valence-corrected chi connectivity index (χ0v) is 21.5. The molecule has 1 heterocycles. The SMILES string of the molecule is CCC.Cc1noc(-c2ccc(-c3ccc(CC(=O)O)cc3)cc2)c1NC(=O)OC(C)c1ccccc1. The van der Waals surface area contributed by atoms with E-state index in [0.29, 0.717) is 17.1 Å². The third kappa shape index (κ3) is 7.54. The summed E-state index contributed by atoms with van der Waals surface area (Å²) in [6.45, 7) is 7.81. The fourth-order valence-electron chi connectivity index (χ4n) is 3.60. The van der Waals surface area contributed by atoms with E-state index in [1.807, 2.05) is 73.7 Å². The molecule has 0 aliphatic rings. The summed E-state index contributed by atoms with van der Waals surface area (Å²) in [4.78, 5) is 23.4. The van der Waals surface area contributed by atoms with Crippen LogP contribution in [-0.2, 0) is 16.0 Å². The second-order valence-electron chi connectivity index (χ2n) is 8.61. The van der Waals surface area contributed by atoms with Crippen LogP contribution < -0.4 is 5.32 Å². The van der Waals surface area contributed by atoms with E-state index in [-0.39, 0.29) is 6.42 Å². The van der Waals surface area contributed by atoms with Crippen molar-refractivity contribution in [1.29, 1.82) is 0 Å². The maximum atomic E-state index is 12.5. The van der Waals surface area contributed by atoms with Crippen molar-refractivity contribution in [1.82, 2.24) is 5.16 Å². The van der Waals surface area contributed by atoms with Crippen molar-refractivity contribution >= 4 is 17.7 Å². The summed E-state index contributed by atoms with van der Waals surface area (Å²) in [5, 5.41) is 15.7. The van der Waals surface area contributed by atoms with Crippen molar-refractivity contribution in [3.63, 3.8) is 0 Å². The van der Waals surface area contributed by atoms with Crippen LogP contribution in [-0.4, -0.2) is 22.3 Å². The second-order valence-corrected chi connectivity index (χ2v) is 8.61. The molecule has 0 saturated carbocycles. The van der Waals surface area contributed by atoms with Crippen LogP contribution in [0, 0.1) is 6.92 Å². The summed E-state index contributed by atoms with van der Waals surface area (Å²) in [6, 6.07) is 24.5. The molecular weight excluding hydrogens is 468 g/mol. The molecule has 2 N–H and O–H groups in total. The van der Waals surface area contributed by atoms with Gasteiger partial charge in [-0.1, -0.05) is 104 Å². The largest absolute Gasteiger partial charge is 0.481 e. The van der Waals surface area contributed by atoms with Gasteiger partial charge in [-0.15, -0.1) is 0 Å². The molecule has 0 aliphatic carbocycles. The Labute approximate surface area is 217 Å². The maximum absolute atomic E-state index is 12.5. The van der Waals surface area contributed by atoms with Crippen LogP contribution in [0.15, 0.2) is 83.4 Å². The Morgan fingerprint density at radius 3 is 2.03 bits per heavy atom. The zero-order valence-electron chi connectivity index (χ0n) is 21.5. The van der Waals surface area contributed by atoms with Gasteiger partial charge in [0.25, 0.3) is 0 Å². The Hall–Kier alpha value is -4.39. The van der Waals surface area contributed by atoms with Gasteiger partial charge in [-0.05, 0) is 36.1 Å². The molecule has 3 aromatic carbocycles. The number of nitrogens with one attached hydrogen (secondary N) is 1. The van der Waals surface area contributed by atoms with E-state index >= 15 is 0 Å². The molecule has 0 fully saturated rings. The summed E-state index contributed by atoms with van der Waals surface area (Å²) in [5.74, 6) is -0.424. The van der Waals surface area contributed by atoms with Gasteiger partial charge in [-0.2, -0.15) is 0 Å². The summed E-state index contributed by atoms with van der Waals surface area (Å²) in [7, 11) is 0. The van der Waals surface area contributed by atoms with E-state index < -0.39 is 18.2 Å². The van der Waals surface area contributed by atoms with E-state index in [1.54, 1.807) is 19.1 Å². The van der Waals surface area contributed by atoms with Crippen molar-refractivity contribution in [2.75, 3.05) is 5.32 Å². The standard InChI is InChI=1S/C27H24N2O5.C3H8/c1-17-25(28-27(32)33-18(2)20-6-4-3-5-7-20)26(34-29-17)23-14-12-22(13-15-23)21-10-8-19(9-11-21)16-24(30)31;1-3-2/h3-15,18H,16H2,1-2H3,(H,28,32)(H,30,31);3H2,1-2H3. The van der Waals surface area contributed by atoms with Crippen LogP contribution in [0.1, 0.15) is 50.1 Å². The molecule has 7 heteroatoms. The molecular formula is C30H32N2O5. The van der Waals surface area contributed by atoms with Crippen molar-refractivity contribution in [2.24, 2.45) is 0 Å². The van der Waals surface area contributed by atoms with E-state index in [2.05, 4.69) is 24.3 Å². The number of aromatic nitrogens is 1. The Kier molecular flexibility index (Phi) is 9.61. The maximum Gasteiger partial charge on any atom is 0.412 e. The minimum Gasteiger partial charge on any atom is -0.481 e. The number of benzene rings is 3. The van der Waals surface area contributed by atoms with Crippen molar-refractivity contribution in [2.45, 2.75) is 46.6 Å². The predicted octanol–water partition coefficient (Wildman–Crippen LogP) is 7.67. The summed E-state index contributed by atoms with van der Waals surface area (Å²) in [6.07, 6.45) is 0.236. The average molecular weight is 501 g/mol. The molecule has 4 rings (SSSR count). The average Bonchev–Trinajstić information content (AvgIpc) is 3.25. The molecule has 0 aliphatic heterocycles. The lowest BCUT2D eigenvalue weighted by Crippen LogP contribution is -2.16. The van der Waals surface area contributed by atoms with Crippen LogP contribution in [0.5, 0.6) is 0 Å². The second kappa shape index (κ2) is 13.1. The van der Waals surface area contributed by atoms with Crippen LogP contribution in [0.2, 0.25) is 0 Å². The number of nitrogens with zero attached hydrogens (tertiary/aromatic N) is 1. The smallest absolute Gasteiger partial charge is 0.412 e. The molecule has 0 spiro atoms. The van der Waals surface area contributed by atoms with E-state index in [0.717, 1.165) is 27.8 Å². The highest BCUT2D eigenvalue weighted by Gasteiger charge is 2.20. The first kappa shape index (κ1) is 27.2. The number of carbonyl (C=O) groups is 2. The molecule has 7 nitrogen and oxygen atoms in total. The normalized spacial score (nSPS) is 11.1. The van der Waals surface area contributed by atoms with Crippen LogP contribution in [0.4, 0.5) is 10.5 Å². The van der Waals surface area contributed by atoms with Crippen LogP contribution in [0.25, 0.3) is 22.5 Å². The number of carboxylic acids is 1. The first-order valence-electron chi connectivity index (χ1n) is 12.2. The third-order valence-electron chi connectivity index (χ3n) is 5.43. The Bertz CT molecular complexity index is 1300. The molecule has 0 bridgehead atoms. The number of amides is 1. The molecule has 1 atom stereocenters. The Balaban J connectivity index is 0.00000121. The van der Waals surface area contributed by atoms with Gasteiger partial charge < -0.3 is 14.4 Å². The van der Waals surface area contributed by atoms with Crippen LogP contribution >= 0.6 is 0 Å². The van der Waals surface area contributed by atoms with Gasteiger partial charge in [-0.3, -0.25) is 10.1 Å². The van der Waals surface area contributed by atoms with Gasteiger partial charge in [0.1, 0.15) is 17.5 Å². The highest BCUT2D eigenvalue weighted by molar-refractivity contribution is 5.91. The highest BCUT2D eigenvalue weighted by atomic mass is 16.6. The van der Waals surface area contributed by atoms with E-state index in [4.69, 9.17) is 14.4 Å². The molecule has 1 amide bonds. The molecule has 1 unspecified atom stereocenters. The van der Waals surface area contributed by atoms with Gasteiger partial charge in [0, 0.05) is 5.56 Å². The van der Waals surface area contributed by atoms with Crippen molar-refractivity contribution in [3.8, 4) is 22.5 Å². The number of rotatable bonds is 7. The summed E-state index contributed by atoms with van der Waals surface area (Å²) in [5.41, 5.74) is 5.31. The molecule has 0 saturated heterocycles. The van der Waals surface area contributed by atoms with Crippen molar-refractivity contribution < 1.29 is 24.0 Å². The van der Waals surface area contributed by atoms with Gasteiger partial charge >= 0.3 is 12.1 Å². The molecule has 1 aromatic heterocycles. The third-order valence-corrected chi connectivity index (χ3v) is 5.43. The molecule has 0 radical (unpaired) electrons. The number of hydrogen-bond donors (Lipinski definition) is 2. The number of hydrogen-bond acceptors (Lipinski definition) is 5. The van der Waals surface area contributed by atoms with Gasteiger partial charge in [0.15, 0.2) is 5.76 Å². The van der Waals surface area contributed by atoms with Crippen LogP contribution in [0.3, 0.4) is 0 Å². The number of aliphatic carboxylic acids is 1. The minimum atomic E-state index is -0.859. The quantitative estimate of drug-likeness (QED) is 0.270. The van der Waals surface area contributed by atoms with Crippen molar-refractivity contribution in [3.05, 3.63) is 95.7 Å². The minimum absolute atomic E-state index is 0.00754. The fourth-order valence-corrected chi connectivity index (χ4v) is 3.60. The first-order chi connectivity index (χ1) is 17.8. The van der Waals surface area contributed by atoms with Gasteiger partial charge in [0.05, 0.1) is 6.42 Å². The molecule has 4 aromatic rings. The number of ether oxygens (including phenoxy) is 1. The number of carboxylic acid groups (broad SMARTS) is 1. The van der Waals surface area contributed by atoms with E-state index in [1.165, 1.54) is 6.42 Å². The summed E-state index contributed by atoms with van der Waals surface area (Å²) >= 11 is 0. The Morgan fingerprint density at radius 1 is 0.919 bits per heavy atom. The summed E-state index contributed by atoms with van der Waals surface area (Å²) < 4.78 is 11.0. The molecule has 192 valence electrons. The number of aryl methyl sites for hydroxylation is 1. The van der Waals surface area contributed by atoms with Gasteiger partial charge in [0.2, 0.25) is 0 Å². The zero-order chi connectivity index (χ0) is 26.8. The Morgan fingerprint density at radius 2 is 1.46 bits per heavy atom. The monoisotopic (exact) mass is 500 g/mol. The lowest BCUT2D eigenvalue weighted by Gasteiger charge is -2.14. The lowest BCUT2D eigenvalue weighted by molar-refractivity contribution is -0.136. The lowest BCUT2D eigenvalue weighted by atomic mass is 10.0. The van der Waals surface area contributed by atoms with E-state index in [9.17, 15) is 9.59 Å². The highest BCUT2D eigenvalue weighted by Crippen LogP contribution is 2.33. The fraction of sp³-hybridized carbons (Fsp3) is 0.233. The number of anilines is 1. The first-order valence-corrected chi connectivity index (χ1v) is 12.2.